The molecule has 0 spiro atoms. The highest BCUT2D eigenvalue weighted by atomic mass is 32.2. The van der Waals surface area contributed by atoms with E-state index in [1.165, 1.54) is 13.8 Å². The van der Waals surface area contributed by atoms with Gasteiger partial charge in [0.15, 0.2) is 15.6 Å². The Morgan fingerprint density at radius 1 is 0.757 bits per heavy atom. The number of carbonyl (C=O) groups is 1. The average Bonchev–Trinajstić information content (AvgIpc) is 3.33. The van der Waals surface area contributed by atoms with Crippen molar-refractivity contribution in [3.63, 3.8) is 0 Å². The van der Waals surface area contributed by atoms with Gasteiger partial charge in [-0.3, -0.25) is 4.79 Å². The van der Waals surface area contributed by atoms with Crippen LogP contribution in [0.5, 0.6) is 0 Å². The van der Waals surface area contributed by atoms with Crippen molar-refractivity contribution in [1.29, 1.82) is 0 Å². The molecule has 3 aromatic carbocycles. The number of rotatable bonds is 7. The van der Waals surface area contributed by atoms with Crippen LogP contribution in [0.1, 0.15) is 29.8 Å². The number of benzene rings is 3. The van der Waals surface area contributed by atoms with Crippen LogP contribution in [0.4, 0.5) is 0 Å². The van der Waals surface area contributed by atoms with Crippen LogP contribution in [-0.2, 0) is 9.84 Å². The average molecular weight is 527 g/mol. The summed E-state index contributed by atoms with van der Waals surface area (Å²) in [6.07, 6.45) is 1.68. The molecule has 0 amide bonds. The van der Waals surface area contributed by atoms with E-state index >= 15 is 0 Å². The lowest BCUT2D eigenvalue weighted by atomic mass is 10.0. The summed E-state index contributed by atoms with van der Waals surface area (Å²) >= 11 is 1.58. The predicted molar refractivity (Wildman–Crippen MR) is 148 cm³/mol. The van der Waals surface area contributed by atoms with Crippen molar-refractivity contribution in [2.24, 2.45) is 0 Å². The standard InChI is InChI=1S/C31H26O4S2/c1-21-6-16-26(17-7-21)37(33,34)31(2,3)30(32)23-10-14-25(15-11-23)36-24-12-8-22(9-13-24)27-18-19-29-28(27)5-4-20-35-29/h4-20H,1-3H3. The zero-order chi connectivity index (χ0) is 26.2. The number of aryl methyl sites for hydroxylation is 1. The van der Waals surface area contributed by atoms with Gasteiger partial charge in [0, 0.05) is 20.9 Å². The van der Waals surface area contributed by atoms with E-state index in [4.69, 9.17) is 4.42 Å². The molecule has 0 saturated heterocycles. The summed E-state index contributed by atoms with van der Waals surface area (Å²) in [7, 11) is -3.86. The van der Waals surface area contributed by atoms with Crippen molar-refractivity contribution in [3.8, 4) is 22.5 Å². The lowest BCUT2D eigenvalue weighted by Gasteiger charge is -2.23. The lowest BCUT2D eigenvalue weighted by molar-refractivity contribution is 0.0953. The number of carbonyl (C=O) groups excluding carboxylic acids is 1. The Morgan fingerprint density at radius 2 is 1.38 bits per heavy atom. The van der Waals surface area contributed by atoms with E-state index in [0.29, 0.717) is 5.56 Å². The Balaban J connectivity index is 1.31. The van der Waals surface area contributed by atoms with Crippen molar-refractivity contribution in [2.75, 3.05) is 0 Å². The molecule has 0 aromatic heterocycles. The summed E-state index contributed by atoms with van der Waals surface area (Å²) in [6.45, 7) is 4.83. The summed E-state index contributed by atoms with van der Waals surface area (Å²) in [4.78, 5) is 15.4. The fraction of sp³-hybridized carbons (Fsp3) is 0.129. The van der Waals surface area contributed by atoms with Crippen LogP contribution in [0.25, 0.3) is 22.5 Å². The van der Waals surface area contributed by atoms with Crippen molar-refractivity contribution in [2.45, 2.75) is 40.2 Å². The molecule has 6 heteroatoms. The molecule has 0 unspecified atom stereocenters. The molecule has 0 radical (unpaired) electrons. The number of sulfone groups is 1. The van der Waals surface area contributed by atoms with Crippen molar-refractivity contribution in [3.05, 3.63) is 114 Å². The summed E-state index contributed by atoms with van der Waals surface area (Å²) in [6, 6.07) is 30.0. The molecule has 5 rings (SSSR count). The second kappa shape index (κ2) is 9.69. The van der Waals surface area contributed by atoms with Gasteiger partial charge in [0.05, 0.1) is 11.2 Å². The van der Waals surface area contributed by atoms with E-state index in [1.54, 1.807) is 54.4 Å². The molecule has 0 N–H and O–H groups in total. The molecule has 2 aliphatic rings. The maximum absolute atomic E-state index is 13.3. The van der Waals surface area contributed by atoms with Gasteiger partial charge in [-0.15, -0.1) is 0 Å². The first kappa shape index (κ1) is 25.1. The van der Waals surface area contributed by atoms with Gasteiger partial charge in [-0.2, -0.15) is 0 Å². The van der Waals surface area contributed by atoms with Gasteiger partial charge in [-0.25, -0.2) is 8.42 Å². The van der Waals surface area contributed by atoms with E-state index < -0.39 is 20.4 Å². The van der Waals surface area contributed by atoms with Crippen molar-refractivity contribution in [1.82, 2.24) is 0 Å². The van der Waals surface area contributed by atoms with E-state index in [2.05, 4.69) is 30.3 Å². The highest BCUT2D eigenvalue weighted by molar-refractivity contribution is 7.99. The first-order valence-electron chi connectivity index (χ1n) is 11.9. The molecule has 1 aliphatic carbocycles. The van der Waals surface area contributed by atoms with E-state index in [-0.39, 0.29) is 4.90 Å². The van der Waals surface area contributed by atoms with Gasteiger partial charge < -0.3 is 4.42 Å². The molecule has 186 valence electrons. The second-order valence-corrected chi connectivity index (χ2v) is 13.1. The summed E-state index contributed by atoms with van der Waals surface area (Å²) in [5.74, 6) is 0.433. The number of ketones is 1. The van der Waals surface area contributed by atoms with E-state index in [9.17, 15) is 13.2 Å². The van der Waals surface area contributed by atoms with Crippen LogP contribution < -0.4 is 0 Å². The molecule has 3 aromatic rings. The normalized spacial score (nSPS) is 12.1. The number of Topliss-reactive ketones (excluding diaryl/α,β-unsaturated/α-hetero) is 1. The Hall–Kier alpha value is -3.61. The van der Waals surface area contributed by atoms with E-state index in [0.717, 1.165) is 37.8 Å². The minimum atomic E-state index is -3.86. The van der Waals surface area contributed by atoms with Gasteiger partial charge in [0.25, 0.3) is 0 Å². The zero-order valence-electron chi connectivity index (χ0n) is 20.8. The van der Waals surface area contributed by atoms with Crippen LogP contribution in [-0.4, -0.2) is 18.9 Å². The number of hydrogen-bond acceptors (Lipinski definition) is 5. The largest absolute Gasteiger partial charge is 0.464 e. The third-order valence-electron chi connectivity index (χ3n) is 6.56. The Morgan fingerprint density at radius 3 is 2.03 bits per heavy atom. The smallest absolute Gasteiger partial charge is 0.190 e. The highest BCUT2D eigenvalue weighted by Crippen LogP contribution is 2.37. The van der Waals surface area contributed by atoms with Gasteiger partial charge >= 0.3 is 0 Å². The summed E-state index contributed by atoms with van der Waals surface area (Å²) in [5.41, 5.74) is 4.64. The van der Waals surface area contributed by atoms with Gasteiger partial charge in [0.1, 0.15) is 10.5 Å². The molecule has 1 heterocycles. The van der Waals surface area contributed by atoms with Crippen LogP contribution >= 0.6 is 11.8 Å². The first-order chi connectivity index (χ1) is 17.7. The quantitative estimate of drug-likeness (QED) is 0.201. The topological polar surface area (TPSA) is 64.3 Å². The minimum Gasteiger partial charge on any atom is -0.464 e. The van der Waals surface area contributed by atoms with Gasteiger partial charge in [-0.05, 0) is 92.6 Å². The number of fused-ring (bicyclic) bond motifs is 1. The third kappa shape index (κ3) is 4.75. The molecule has 0 bridgehead atoms. The third-order valence-corrected chi connectivity index (χ3v) is 10.00. The van der Waals surface area contributed by atoms with Crippen LogP contribution in [0.3, 0.4) is 0 Å². The molecular formula is C31H26O4S2. The fourth-order valence-corrected chi connectivity index (χ4v) is 6.50. The Labute approximate surface area is 221 Å². The molecule has 4 nitrogen and oxygen atoms in total. The zero-order valence-corrected chi connectivity index (χ0v) is 22.4. The van der Waals surface area contributed by atoms with Crippen LogP contribution in [0, 0.1) is 6.92 Å². The fourth-order valence-electron chi connectivity index (χ4n) is 4.24. The lowest BCUT2D eigenvalue weighted by Crippen LogP contribution is -2.40. The Kier molecular flexibility index (Phi) is 6.56. The Bertz CT molecular complexity index is 1630. The van der Waals surface area contributed by atoms with Crippen molar-refractivity contribution >= 4 is 27.4 Å². The molecule has 0 saturated carbocycles. The molecular weight excluding hydrogens is 500 g/mol. The second-order valence-electron chi connectivity index (χ2n) is 9.44. The SMILES string of the molecule is Cc1ccc(S(=O)(=O)C(C)(C)C(=O)c2ccc(Sc3ccc(-c4ccc5occcc4-5)cc3)cc2)cc1. The minimum absolute atomic E-state index is 0.149. The van der Waals surface area contributed by atoms with E-state index in [1.807, 2.05) is 37.3 Å². The highest BCUT2D eigenvalue weighted by Gasteiger charge is 2.43. The van der Waals surface area contributed by atoms with Crippen LogP contribution in [0.15, 0.2) is 122 Å². The monoisotopic (exact) mass is 526 g/mol. The van der Waals surface area contributed by atoms with Crippen molar-refractivity contribution < 1.29 is 17.6 Å². The van der Waals surface area contributed by atoms with Gasteiger partial charge in [0.2, 0.25) is 0 Å². The predicted octanol–water partition coefficient (Wildman–Crippen LogP) is 7.95. The van der Waals surface area contributed by atoms with Crippen LogP contribution in [0.2, 0.25) is 0 Å². The first-order valence-corrected chi connectivity index (χ1v) is 14.2. The maximum atomic E-state index is 13.3. The molecule has 1 aliphatic heterocycles. The van der Waals surface area contributed by atoms with Gasteiger partial charge in [-0.1, -0.05) is 53.7 Å². The maximum Gasteiger partial charge on any atom is 0.190 e. The molecule has 0 atom stereocenters. The molecule has 37 heavy (non-hydrogen) atoms. The summed E-state index contributed by atoms with van der Waals surface area (Å²) in [5, 5.41) is 0. The number of hydrogen-bond donors (Lipinski definition) is 0. The molecule has 0 fully saturated rings. The summed E-state index contributed by atoms with van der Waals surface area (Å²) < 4.78 is 30.4.